The quantitative estimate of drug-likeness (QED) is 0.473. The maximum absolute atomic E-state index is 12.8. The lowest BCUT2D eigenvalue weighted by Crippen LogP contribution is -2.22. The van der Waals surface area contributed by atoms with Crippen molar-refractivity contribution in [2.24, 2.45) is 0 Å². The molecule has 1 aromatic heterocycles. The number of pyridine rings is 1. The van der Waals surface area contributed by atoms with Crippen LogP contribution < -0.4 is 11.1 Å². The third-order valence-electron chi connectivity index (χ3n) is 3.16. The van der Waals surface area contributed by atoms with E-state index >= 15 is 0 Å². The van der Waals surface area contributed by atoms with Gasteiger partial charge in [-0.15, -0.1) is 0 Å². The van der Waals surface area contributed by atoms with Gasteiger partial charge in [0.05, 0.1) is 21.3 Å². The van der Waals surface area contributed by atoms with Gasteiger partial charge in [0.2, 0.25) is 0 Å². The van der Waals surface area contributed by atoms with Gasteiger partial charge in [-0.05, 0) is 18.2 Å². The molecule has 0 atom stereocenters. The Hall–Kier alpha value is -1.94. The molecule has 0 radical (unpaired) electrons. The average molecular weight is 477 g/mol. The number of nitrogens with zero attached hydrogens (tertiary/aromatic N) is 1. The summed E-state index contributed by atoms with van der Waals surface area (Å²) in [6, 6.07) is 2.75. The maximum Gasteiger partial charge on any atom is 0.417 e. The number of alkyl halides is 3. The Balaban J connectivity index is 2.07. The molecule has 0 saturated heterocycles. The van der Waals surface area contributed by atoms with E-state index in [0.29, 0.717) is 6.07 Å². The number of anilines is 2. The Morgan fingerprint density at radius 3 is 2.39 bits per heavy atom. The topological polar surface area (TPSA) is 94.3 Å². The van der Waals surface area contributed by atoms with Gasteiger partial charge in [-0.25, -0.2) is 9.78 Å². The summed E-state index contributed by atoms with van der Waals surface area (Å²) in [7, 11) is 0. The summed E-state index contributed by atoms with van der Waals surface area (Å²) in [5.41, 5.74) is 3.54. The highest BCUT2D eigenvalue weighted by Gasteiger charge is 2.33. The fourth-order valence-electron chi connectivity index (χ4n) is 1.88. The van der Waals surface area contributed by atoms with E-state index in [9.17, 15) is 22.8 Å². The number of esters is 1. The molecular formula is C15H8Cl4F3N3O3. The summed E-state index contributed by atoms with van der Waals surface area (Å²) in [5.74, 6) is -2.06. The monoisotopic (exact) mass is 475 g/mol. The molecule has 2 aromatic rings. The number of carbonyl (C=O) groups is 2. The van der Waals surface area contributed by atoms with Crippen molar-refractivity contribution in [2.45, 2.75) is 6.18 Å². The number of amides is 1. The number of halogens is 7. The van der Waals surface area contributed by atoms with E-state index in [2.05, 4.69) is 10.3 Å². The first-order valence-electron chi connectivity index (χ1n) is 7.05. The van der Waals surface area contributed by atoms with E-state index in [1.54, 1.807) is 0 Å². The fourth-order valence-corrected chi connectivity index (χ4v) is 2.69. The van der Waals surface area contributed by atoms with Crippen molar-refractivity contribution in [3.05, 3.63) is 49.7 Å². The molecule has 1 aromatic carbocycles. The molecule has 13 heteroatoms. The molecule has 150 valence electrons. The molecule has 0 spiro atoms. The SMILES string of the molecule is Nc1c(Cl)c(Cl)nc(C(=O)OCC(=O)Nc2ccc(Cl)c(C(F)(F)F)c2)c1Cl. The molecule has 28 heavy (non-hydrogen) atoms. The van der Waals surface area contributed by atoms with Gasteiger partial charge in [-0.3, -0.25) is 4.79 Å². The molecule has 0 saturated carbocycles. The van der Waals surface area contributed by atoms with Crippen LogP contribution in [0.15, 0.2) is 18.2 Å². The Morgan fingerprint density at radius 1 is 1.14 bits per heavy atom. The highest BCUT2D eigenvalue weighted by Crippen LogP contribution is 2.36. The largest absolute Gasteiger partial charge is 0.451 e. The molecule has 0 unspecified atom stereocenters. The Morgan fingerprint density at radius 2 is 1.79 bits per heavy atom. The zero-order valence-corrected chi connectivity index (χ0v) is 16.4. The number of nitrogen functional groups attached to an aromatic ring is 1. The van der Waals surface area contributed by atoms with Crippen LogP contribution in [-0.4, -0.2) is 23.5 Å². The first-order valence-corrected chi connectivity index (χ1v) is 8.56. The second kappa shape index (κ2) is 8.60. The molecule has 0 aliphatic heterocycles. The minimum absolute atomic E-state index is 0.163. The van der Waals surface area contributed by atoms with Crippen LogP contribution in [0.3, 0.4) is 0 Å². The van der Waals surface area contributed by atoms with Gasteiger partial charge >= 0.3 is 12.1 Å². The van der Waals surface area contributed by atoms with Gasteiger partial charge in [0.25, 0.3) is 5.91 Å². The zero-order chi connectivity index (χ0) is 21.2. The summed E-state index contributed by atoms with van der Waals surface area (Å²) in [5, 5.41) is 0.808. The van der Waals surface area contributed by atoms with Gasteiger partial charge in [0.15, 0.2) is 17.5 Å². The van der Waals surface area contributed by atoms with Crippen LogP contribution >= 0.6 is 46.4 Å². The lowest BCUT2D eigenvalue weighted by atomic mass is 10.2. The van der Waals surface area contributed by atoms with Crippen LogP contribution in [-0.2, 0) is 15.7 Å². The van der Waals surface area contributed by atoms with Gasteiger partial charge < -0.3 is 15.8 Å². The van der Waals surface area contributed by atoms with E-state index < -0.39 is 40.9 Å². The summed E-state index contributed by atoms with van der Waals surface area (Å²) >= 11 is 22.7. The molecule has 0 fully saturated rings. The van der Waals surface area contributed by atoms with Gasteiger partial charge in [0.1, 0.15) is 5.02 Å². The van der Waals surface area contributed by atoms with Crippen molar-refractivity contribution in [1.82, 2.24) is 4.98 Å². The van der Waals surface area contributed by atoms with E-state index in [1.807, 2.05) is 0 Å². The van der Waals surface area contributed by atoms with Crippen LogP contribution in [0, 0.1) is 0 Å². The van der Waals surface area contributed by atoms with Crippen molar-refractivity contribution in [3.8, 4) is 0 Å². The molecular weight excluding hydrogens is 469 g/mol. The predicted octanol–water partition coefficient (Wildman–Crippen LogP) is 5.09. The summed E-state index contributed by atoms with van der Waals surface area (Å²) in [4.78, 5) is 27.5. The van der Waals surface area contributed by atoms with Crippen molar-refractivity contribution in [3.63, 3.8) is 0 Å². The van der Waals surface area contributed by atoms with Crippen molar-refractivity contribution in [1.29, 1.82) is 0 Å². The number of hydrogen-bond acceptors (Lipinski definition) is 5. The molecule has 1 amide bonds. The van der Waals surface area contributed by atoms with Crippen LogP contribution in [0.1, 0.15) is 16.1 Å². The van der Waals surface area contributed by atoms with Crippen molar-refractivity contribution >= 4 is 69.7 Å². The third kappa shape index (κ3) is 5.11. The van der Waals surface area contributed by atoms with Crippen molar-refractivity contribution < 1.29 is 27.5 Å². The lowest BCUT2D eigenvalue weighted by Gasteiger charge is -2.12. The second-order valence-corrected chi connectivity index (χ2v) is 6.63. The van der Waals surface area contributed by atoms with E-state index in [-0.39, 0.29) is 26.6 Å². The standard InChI is InChI=1S/C15H8Cl4F3N3O3/c16-7-2-1-5(3-6(7)15(20,21)22)24-8(26)4-28-14(27)12-9(17)11(23)10(18)13(19)25-12/h1-3H,4H2,(H2,23,25)(H,24,26). The lowest BCUT2D eigenvalue weighted by molar-refractivity contribution is -0.137. The van der Waals surface area contributed by atoms with Gasteiger partial charge in [-0.2, -0.15) is 13.2 Å². The smallest absolute Gasteiger partial charge is 0.417 e. The summed E-state index contributed by atoms with van der Waals surface area (Å²) in [6.07, 6.45) is -4.71. The number of nitrogens with one attached hydrogen (secondary N) is 1. The van der Waals surface area contributed by atoms with Crippen LogP contribution in [0.5, 0.6) is 0 Å². The number of ether oxygens (including phenoxy) is 1. The van der Waals surface area contributed by atoms with Crippen LogP contribution in [0.4, 0.5) is 24.5 Å². The van der Waals surface area contributed by atoms with E-state index in [0.717, 1.165) is 12.1 Å². The molecule has 1 heterocycles. The summed E-state index contributed by atoms with van der Waals surface area (Å²) in [6.45, 7) is -0.846. The number of rotatable bonds is 4. The Labute approximate surface area is 175 Å². The number of benzene rings is 1. The van der Waals surface area contributed by atoms with Crippen LogP contribution in [0.25, 0.3) is 0 Å². The first kappa shape index (κ1) is 22.4. The first-order chi connectivity index (χ1) is 12.9. The number of carbonyl (C=O) groups excluding carboxylic acids is 2. The Bertz CT molecular complexity index is 954. The number of hydrogen-bond donors (Lipinski definition) is 2. The number of nitrogens with two attached hydrogens (primary N) is 1. The van der Waals surface area contributed by atoms with E-state index in [4.69, 9.17) is 56.9 Å². The summed E-state index contributed by atoms with van der Waals surface area (Å²) < 4.78 is 43.2. The average Bonchev–Trinajstić information content (AvgIpc) is 2.61. The second-order valence-electron chi connectivity index (χ2n) is 5.11. The Kier molecular flexibility index (Phi) is 6.87. The highest BCUT2D eigenvalue weighted by molar-refractivity contribution is 6.46. The molecule has 0 aliphatic carbocycles. The van der Waals surface area contributed by atoms with Gasteiger partial charge in [0, 0.05) is 5.69 Å². The molecule has 3 N–H and O–H groups in total. The van der Waals surface area contributed by atoms with E-state index in [1.165, 1.54) is 0 Å². The highest BCUT2D eigenvalue weighted by atomic mass is 35.5. The number of aromatic nitrogens is 1. The predicted molar refractivity (Wildman–Crippen MR) is 99.0 cm³/mol. The normalized spacial score (nSPS) is 11.2. The van der Waals surface area contributed by atoms with Crippen LogP contribution in [0.2, 0.25) is 20.2 Å². The minimum atomic E-state index is -4.71. The molecule has 2 rings (SSSR count). The maximum atomic E-state index is 12.8. The third-order valence-corrected chi connectivity index (χ3v) is 4.62. The van der Waals surface area contributed by atoms with Crippen molar-refractivity contribution in [2.75, 3.05) is 17.7 Å². The molecule has 0 bridgehead atoms. The molecule has 0 aliphatic rings. The molecule has 6 nitrogen and oxygen atoms in total. The van der Waals surface area contributed by atoms with Gasteiger partial charge in [-0.1, -0.05) is 46.4 Å². The minimum Gasteiger partial charge on any atom is -0.451 e. The fraction of sp³-hybridized carbons (Fsp3) is 0.133. The zero-order valence-electron chi connectivity index (χ0n) is 13.3.